The van der Waals surface area contributed by atoms with Crippen LogP contribution >= 0.6 is 0 Å². The molecule has 1 aromatic carbocycles. The Labute approximate surface area is 147 Å². The predicted molar refractivity (Wildman–Crippen MR) is 95.3 cm³/mol. The van der Waals surface area contributed by atoms with Gasteiger partial charge in [0.25, 0.3) is 0 Å². The number of urea groups is 1. The highest BCUT2D eigenvalue weighted by Crippen LogP contribution is 2.26. The van der Waals surface area contributed by atoms with Crippen LogP contribution in [0.1, 0.15) is 23.2 Å². The molecule has 25 heavy (non-hydrogen) atoms. The molecule has 3 rings (SSSR count). The van der Waals surface area contributed by atoms with E-state index < -0.39 is 0 Å². The van der Waals surface area contributed by atoms with Gasteiger partial charge in [0, 0.05) is 37.1 Å². The summed E-state index contributed by atoms with van der Waals surface area (Å²) >= 11 is 0. The van der Waals surface area contributed by atoms with E-state index in [2.05, 4.69) is 15.7 Å². The number of para-hydroxylation sites is 1. The Kier molecular flexibility index (Phi) is 5.02. The minimum Gasteiger partial charge on any atom is -0.334 e. The summed E-state index contributed by atoms with van der Waals surface area (Å²) < 4.78 is 1.76. The molecule has 0 aliphatic carbocycles. The van der Waals surface area contributed by atoms with E-state index in [0.29, 0.717) is 13.1 Å². The topological polar surface area (TPSA) is 79.3 Å². The van der Waals surface area contributed by atoms with E-state index >= 15 is 0 Å². The number of aryl methyl sites for hydroxylation is 2. The van der Waals surface area contributed by atoms with Crippen LogP contribution in [0, 0.1) is 6.92 Å². The third kappa shape index (κ3) is 3.81. The molecule has 0 saturated carbocycles. The predicted octanol–water partition coefficient (Wildman–Crippen LogP) is 1.51. The van der Waals surface area contributed by atoms with Gasteiger partial charge in [-0.2, -0.15) is 5.10 Å². The molecule has 0 unspecified atom stereocenters. The lowest BCUT2D eigenvalue weighted by Gasteiger charge is -2.29. The Hall–Kier alpha value is -2.83. The van der Waals surface area contributed by atoms with Gasteiger partial charge in [-0.1, -0.05) is 18.2 Å². The number of nitrogens with zero attached hydrogens (tertiary/aromatic N) is 3. The largest absolute Gasteiger partial charge is 0.334 e. The van der Waals surface area contributed by atoms with Gasteiger partial charge in [0.05, 0.1) is 12.7 Å². The summed E-state index contributed by atoms with van der Waals surface area (Å²) in [6.07, 6.45) is 3.65. The zero-order chi connectivity index (χ0) is 17.8. The number of amides is 3. The number of nitrogens with one attached hydrogen (secondary N) is 2. The van der Waals surface area contributed by atoms with Crippen molar-refractivity contribution in [2.45, 2.75) is 26.3 Å². The summed E-state index contributed by atoms with van der Waals surface area (Å²) in [5.41, 5.74) is 4.08. The quantitative estimate of drug-likeness (QED) is 0.885. The Morgan fingerprint density at radius 1 is 1.24 bits per heavy atom. The number of hydrogen-bond acceptors (Lipinski definition) is 3. The molecule has 1 aliphatic rings. The van der Waals surface area contributed by atoms with Crippen molar-refractivity contribution in [3.63, 3.8) is 0 Å². The third-order valence-electron chi connectivity index (χ3n) is 4.59. The average molecular weight is 341 g/mol. The van der Waals surface area contributed by atoms with Gasteiger partial charge in [-0.25, -0.2) is 4.79 Å². The third-order valence-corrected chi connectivity index (χ3v) is 4.59. The summed E-state index contributed by atoms with van der Waals surface area (Å²) in [6, 6.07) is 7.56. The Balaban J connectivity index is 1.51. The second-order valence-electron chi connectivity index (χ2n) is 6.19. The van der Waals surface area contributed by atoms with Crippen molar-refractivity contribution in [2.75, 3.05) is 18.0 Å². The summed E-state index contributed by atoms with van der Waals surface area (Å²) in [5, 5.41) is 9.53. The van der Waals surface area contributed by atoms with E-state index in [1.165, 1.54) is 5.56 Å². The minimum atomic E-state index is -0.359. The monoisotopic (exact) mass is 341 g/mol. The first-order chi connectivity index (χ1) is 12.1. The first kappa shape index (κ1) is 17.0. The van der Waals surface area contributed by atoms with Gasteiger partial charge in [-0.15, -0.1) is 0 Å². The van der Waals surface area contributed by atoms with Gasteiger partial charge in [0.15, 0.2) is 0 Å². The Morgan fingerprint density at radius 3 is 2.80 bits per heavy atom. The summed E-state index contributed by atoms with van der Waals surface area (Å²) in [4.78, 5) is 26.2. The van der Waals surface area contributed by atoms with Crippen LogP contribution in [0.15, 0.2) is 30.5 Å². The lowest BCUT2D eigenvalue weighted by atomic mass is 10.0. The first-order valence-corrected chi connectivity index (χ1v) is 8.43. The highest BCUT2D eigenvalue weighted by Gasteiger charge is 2.22. The maximum absolute atomic E-state index is 12.5. The number of anilines is 1. The van der Waals surface area contributed by atoms with E-state index in [9.17, 15) is 9.59 Å². The van der Waals surface area contributed by atoms with Crippen LogP contribution in [0.3, 0.4) is 0 Å². The van der Waals surface area contributed by atoms with Crippen molar-refractivity contribution in [2.24, 2.45) is 7.05 Å². The van der Waals surface area contributed by atoms with E-state index in [1.54, 1.807) is 15.8 Å². The number of carbonyl (C=O) groups is 2. The van der Waals surface area contributed by atoms with Crippen molar-refractivity contribution in [3.05, 3.63) is 47.3 Å². The SMILES string of the molecule is Cc1c(CNC(=O)NCC(=O)N2CCCc3ccccc32)cnn1C. The highest BCUT2D eigenvalue weighted by atomic mass is 16.2. The van der Waals surface area contributed by atoms with Crippen LogP contribution < -0.4 is 15.5 Å². The van der Waals surface area contributed by atoms with E-state index in [4.69, 9.17) is 0 Å². The normalized spacial score (nSPS) is 13.3. The van der Waals surface area contributed by atoms with Gasteiger partial charge in [0.2, 0.25) is 5.91 Å². The molecule has 1 aliphatic heterocycles. The van der Waals surface area contributed by atoms with Crippen LogP contribution in [0.5, 0.6) is 0 Å². The summed E-state index contributed by atoms with van der Waals surface area (Å²) in [5.74, 6) is -0.0974. The Bertz CT molecular complexity index is 784. The molecular formula is C18H23N5O2. The Morgan fingerprint density at radius 2 is 2.04 bits per heavy atom. The maximum atomic E-state index is 12.5. The molecule has 1 aromatic heterocycles. The molecule has 0 bridgehead atoms. The number of carbonyl (C=O) groups excluding carboxylic acids is 2. The van der Waals surface area contributed by atoms with Gasteiger partial charge in [0.1, 0.15) is 0 Å². The van der Waals surface area contributed by atoms with Gasteiger partial charge < -0.3 is 15.5 Å². The highest BCUT2D eigenvalue weighted by molar-refractivity contribution is 5.97. The number of rotatable bonds is 4. The van der Waals surface area contributed by atoms with Gasteiger partial charge in [-0.05, 0) is 31.4 Å². The zero-order valence-corrected chi connectivity index (χ0v) is 14.6. The summed E-state index contributed by atoms with van der Waals surface area (Å²) in [7, 11) is 1.86. The van der Waals surface area contributed by atoms with Crippen molar-refractivity contribution < 1.29 is 9.59 Å². The molecule has 7 heteroatoms. The number of hydrogen-bond donors (Lipinski definition) is 2. The molecule has 0 spiro atoms. The lowest BCUT2D eigenvalue weighted by molar-refractivity contribution is -0.117. The zero-order valence-electron chi connectivity index (χ0n) is 14.6. The fourth-order valence-corrected chi connectivity index (χ4v) is 3.00. The van der Waals surface area contributed by atoms with E-state index in [-0.39, 0.29) is 18.5 Å². The number of fused-ring (bicyclic) bond motifs is 1. The minimum absolute atomic E-state index is 0.0216. The lowest BCUT2D eigenvalue weighted by Crippen LogP contribution is -2.45. The smallest absolute Gasteiger partial charge is 0.315 e. The van der Waals surface area contributed by atoms with Crippen molar-refractivity contribution in [3.8, 4) is 0 Å². The van der Waals surface area contributed by atoms with Crippen LogP contribution in [-0.4, -0.2) is 34.8 Å². The maximum Gasteiger partial charge on any atom is 0.315 e. The fourth-order valence-electron chi connectivity index (χ4n) is 3.00. The number of benzene rings is 1. The van der Waals surface area contributed by atoms with E-state index in [1.807, 2.05) is 38.2 Å². The first-order valence-electron chi connectivity index (χ1n) is 8.43. The van der Waals surface area contributed by atoms with Crippen LogP contribution in [0.2, 0.25) is 0 Å². The van der Waals surface area contributed by atoms with E-state index in [0.717, 1.165) is 29.8 Å². The second-order valence-corrected chi connectivity index (χ2v) is 6.19. The van der Waals surface area contributed by atoms with Crippen molar-refractivity contribution in [1.29, 1.82) is 0 Å². The fraction of sp³-hybridized carbons (Fsp3) is 0.389. The van der Waals surface area contributed by atoms with Gasteiger partial charge >= 0.3 is 6.03 Å². The molecule has 132 valence electrons. The molecule has 0 fully saturated rings. The van der Waals surface area contributed by atoms with Crippen molar-refractivity contribution in [1.82, 2.24) is 20.4 Å². The van der Waals surface area contributed by atoms with Crippen LogP contribution in [0.25, 0.3) is 0 Å². The molecular weight excluding hydrogens is 318 g/mol. The molecule has 0 saturated heterocycles. The molecule has 0 radical (unpaired) electrons. The molecule has 2 aromatic rings. The number of aromatic nitrogens is 2. The van der Waals surface area contributed by atoms with Gasteiger partial charge in [-0.3, -0.25) is 9.48 Å². The van der Waals surface area contributed by atoms with Crippen LogP contribution in [-0.2, 0) is 24.8 Å². The molecule has 2 N–H and O–H groups in total. The summed E-state index contributed by atoms with van der Waals surface area (Å²) in [6.45, 7) is 2.99. The molecule has 0 atom stereocenters. The molecule has 2 heterocycles. The average Bonchev–Trinajstić information content (AvgIpc) is 2.96. The molecule has 7 nitrogen and oxygen atoms in total. The van der Waals surface area contributed by atoms with Crippen molar-refractivity contribution >= 4 is 17.6 Å². The standard InChI is InChI=1S/C18H23N5O2/c1-13-15(11-21-22(13)2)10-19-18(25)20-12-17(24)23-9-5-7-14-6-3-4-8-16(14)23/h3-4,6,8,11H,5,7,9-10,12H2,1-2H3,(H2,19,20,25). The second kappa shape index (κ2) is 7.38. The van der Waals surface area contributed by atoms with Crippen LogP contribution in [0.4, 0.5) is 10.5 Å². The molecule has 3 amide bonds.